The van der Waals surface area contributed by atoms with Crippen molar-refractivity contribution in [1.82, 2.24) is 5.32 Å². The van der Waals surface area contributed by atoms with Gasteiger partial charge < -0.3 is 10.1 Å². The highest BCUT2D eigenvalue weighted by molar-refractivity contribution is 9.10. The number of hydrogen-bond donors (Lipinski definition) is 1. The Bertz CT molecular complexity index is 719. The number of hydrogen-bond acceptors (Lipinski definition) is 2. The standard InChI is InChI=1S/C20H23BrClNO2/c1-14(2)16-9-10-19(17(21)12-16)25-13-20(24)23-11-5-7-15-6-3-4-8-18(15)22/h3-4,6,8-10,12,14H,5,7,11,13H2,1-2H3,(H,23,24). The van der Waals surface area contributed by atoms with E-state index in [1.807, 2.05) is 42.5 Å². The van der Waals surface area contributed by atoms with Crippen LogP contribution >= 0.6 is 27.5 Å². The molecule has 3 nitrogen and oxygen atoms in total. The van der Waals surface area contributed by atoms with Crippen LogP contribution in [0.1, 0.15) is 37.3 Å². The summed E-state index contributed by atoms with van der Waals surface area (Å²) >= 11 is 9.61. The first-order chi connectivity index (χ1) is 12.0. The lowest BCUT2D eigenvalue weighted by molar-refractivity contribution is -0.123. The molecule has 134 valence electrons. The van der Waals surface area contributed by atoms with Crippen molar-refractivity contribution in [2.75, 3.05) is 13.2 Å². The molecule has 1 amide bonds. The van der Waals surface area contributed by atoms with Gasteiger partial charge in [0.15, 0.2) is 6.61 Å². The average molecular weight is 425 g/mol. The molecule has 0 aliphatic carbocycles. The molecule has 25 heavy (non-hydrogen) atoms. The van der Waals surface area contributed by atoms with Gasteiger partial charge in [-0.1, -0.05) is 49.7 Å². The summed E-state index contributed by atoms with van der Waals surface area (Å²) in [5.74, 6) is 1.00. The second kappa shape index (κ2) is 9.83. The summed E-state index contributed by atoms with van der Waals surface area (Å²) in [6.07, 6.45) is 1.67. The molecular formula is C20H23BrClNO2. The second-order valence-corrected chi connectivity index (χ2v) is 7.44. The second-order valence-electron chi connectivity index (χ2n) is 6.18. The van der Waals surface area contributed by atoms with Gasteiger partial charge in [0.25, 0.3) is 5.91 Å². The van der Waals surface area contributed by atoms with Crippen LogP contribution in [-0.4, -0.2) is 19.1 Å². The van der Waals surface area contributed by atoms with Crippen LogP contribution < -0.4 is 10.1 Å². The zero-order valence-electron chi connectivity index (χ0n) is 14.5. The van der Waals surface area contributed by atoms with Crippen LogP contribution in [0.3, 0.4) is 0 Å². The van der Waals surface area contributed by atoms with Gasteiger partial charge in [-0.25, -0.2) is 0 Å². The fourth-order valence-electron chi connectivity index (χ4n) is 2.40. The maximum absolute atomic E-state index is 11.9. The molecule has 1 N–H and O–H groups in total. The molecule has 0 bridgehead atoms. The molecule has 0 heterocycles. The Kier molecular flexibility index (Phi) is 7.79. The molecule has 2 rings (SSSR count). The van der Waals surface area contributed by atoms with Gasteiger partial charge >= 0.3 is 0 Å². The number of ether oxygens (including phenoxy) is 1. The number of halogens is 2. The van der Waals surface area contributed by atoms with Gasteiger partial charge in [-0.15, -0.1) is 0 Å². The predicted molar refractivity (Wildman–Crippen MR) is 107 cm³/mol. The minimum Gasteiger partial charge on any atom is -0.483 e. The third kappa shape index (κ3) is 6.37. The highest BCUT2D eigenvalue weighted by atomic mass is 79.9. The molecule has 0 unspecified atom stereocenters. The Balaban J connectivity index is 1.71. The number of carbonyl (C=O) groups is 1. The zero-order chi connectivity index (χ0) is 18.2. The van der Waals surface area contributed by atoms with Gasteiger partial charge in [0.2, 0.25) is 0 Å². The molecular weight excluding hydrogens is 402 g/mol. The van der Waals surface area contributed by atoms with Gasteiger partial charge in [-0.05, 0) is 64.0 Å². The summed E-state index contributed by atoms with van der Waals surface area (Å²) in [5, 5.41) is 3.64. The van der Waals surface area contributed by atoms with Crippen LogP contribution in [0.15, 0.2) is 46.9 Å². The van der Waals surface area contributed by atoms with E-state index in [0.29, 0.717) is 18.2 Å². The first-order valence-corrected chi connectivity index (χ1v) is 9.57. The fraction of sp³-hybridized carbons (Fsp3) is 0.350. The van der Waals surface area contributed by atoms with Gasteiger partial charge in [0.05, 0.1) is 4.47 Å². The molecule has 0 saturated heterocycles. The van der Waals surface area contributed by atoms with E-state index in [-0.39, 0.29) is 12.5 Å². The number of nitrogens with one attached hydrogen (secondary N) is 1. The number of benzene rings is 2. The van der Waals surface area contributed by atoms with Crippen LogP contribution in [0.2, 0.25) is 5.02 Å². The smallest absolute Gasteiger partial charge is 0.257 e. The van der Waals surface area contributed by atoms with Crippen molar-refractivity contribution in [3.8, 4) is 5.75 Å². The van der Waals surface area contributed by atoms with Crippen molar-refractivity contribution in [1.29, 1.82) is 0 Å². The highest BCUT2D eigenvalue weighted by Gasteiger charge is 2.08. The third-order valence-electron chi connectivity index (χ3n) is 3.88. The first-order valence-electron chi connectivity index (χ1n) is 8.39. The van der Waals surface area contributed by atoms with Crippen molar-refractivity contribution in [2.24, 2.45) is 0 Å². The fourth-order valence-corrected chi connectivity index (χ4v) is 3.14. The third-order valence-corrected chi connectivity index (χ3v) is 4.87. The van der Waals surface area contributed by atoms with Crippen LogP contribution in [0.4, 0.5) is 0 Å². The predicted octanol–water partition coefficient (Wildman–Crippen LogP) is 5.35. The Labute approximate surface area is 162 Å². The van der Waals surface area contributed by atoms with Crippen LogP contribution in [0.5, 0.6) is 5.75 Å². The maximum Gasteiger partial charge on any atom is 0.257 e. The molecule has 0 atom stereocenters. The summed E-state index contributed by atoms with van der Waals surface area (Å²) in [4.78, 5) is 11.9. The normalized spacial score (nSPS) is 10.8. The summed E-state index contributed by atoms with van der Waals surface area (Å²) in [5.41, 5.74) is 2.33. The summed E-state index contributed by atoms with van der Waals surface area (Å²) in [6, 6.07) is 13.7. The van der Waals surface area contributed by atoms with Crippen LogP contribution in [0, 0.1) is 0 Å². The largest absolute Gasteiger partial charge is 0.483 e. The monoisotopic (exact) mass is 423 g/mol. The lowest BCUT2D eigenvalue weighted by Gasteiger charge is -2.11. The summed E-state index contributed by atoms with van der Waals surface area (Å²) in [6.45, 7) is 4.88. The zero-order valence-corrected chi connectivity index (χ0v) is 16.9. The van der Waals surface area contributed by atoms with E-state index in [2.05, 4.69) is 35.1 Å². The average Bonchev–Trinajstić information content (AvgIpc) is 2.59. The lowest BCUT2D eigenvalue weighted by Crippen LogP contribution is -2.30. The molecule has 0 saturated carbocycles. The van der Waals surface area contributed by atoms with E-state index in [4.69, 9.17) is 16.3 Å². The lowest BCUT2D eigenvalue weighted by atomic mass is 10.0. The summed E-state index contributed by atoms with van der Waals surface area (Å²) in [7, 11) is 0. The molecule has 0 aliphatic rings. The van der Waals surface area contributed by atoms with Crippen molar-refractivity contribution < 1.29 is 9.53 Å². The van der Waals surface area contributed by atoms with Gasteiger partial charge in [-0.3, -0.25) is 4.79 Å². The molecule has 0 aliphatic heterocycles. The van der Waals surface area contributed by atoms with E-state index in [9.17, 15) is 4.79 Å². The summed E-state index contributed by atoms with van der Waals surface area (Å²) < 4.78 is 6.45. The van der Waals surface area contributed by atoms with Gasteiger partial charge in [0.1, 0.15) is 5.75 Å². The molecule has 0 aromatic heterocycles. The molecule has 0 spiro atoms. The van der Waals surface area contributed by atoms with Crippen LogP contribution in [-0.2, 0) is 11.2 Å². The van der Waals surface area contributed by atoms with Crippen molar-refractivity contribution >= 4 is 33.4 Å². The Morgan fingerprint density at radius 3 is 2.68 bits per heavy atom. The number of aryl methyl sites for hydroxylation is 1. The van der Waals surface area contributed by atoms with Crippen molar-refractivity contribution in [3.05, 3.63) is 63.1 Å². The molecule has 2 aromatic carbocycles. The number of amides is 1. The van der Waals surface area contributed by atoms with Crippen molar-refractivity contribution in [3.63, 3.8) is 0 Å². The molecule has 5 heteroatoms. The van der Waals surface area contributed by atoms with E-state index < -0.39 is 0 Å². The number of carbonyl (C=O) groups excluding carboxylic acids is 1. The highest BCUT2D eigenvalue weighted by Crippen LogP contribution is 2.28. The van der Waals surface area contributed by atoms with Gasteiger partial charge in [0, 0.05) is 11.6 Å². The topological polar surface area (TPSA) is 38.3 Å². The van der Waals surface area contributed by atoms with Gasteiger partial charge in [-0.2, -0.15) is 0 Å². The first kappa shape index (κ1) is 19.8. The Morgan fingerprint density at radius 2 is 2.00 bits per heavy atom. The van der Waals surface area contributed by atoms with Crippen molar-refractivity contribution in [2.45, 2.75) is 32.6 Å². The van der Waals surface area contributed by atoms with E-state index in [1.165, 1.54) is 5.56 Å². The van der Waals surface area contributed by atoms with E-state index in [0.717, 1.165) is 27.9 Å². The minimum absolute atomic E-state index is 0.00567. The van der Waals surface area contributed by atoms with Crippen LogP contribution in [0.25, 0.3) is 0 Å². The SMILES string of the molecule is CC(C)c1ccc(OCC(=O)NCCCc2ccccc2Cl)c(Br)c1. The maximum atomic E-state index is 11.9. The molecule has 2 aromatic rings. The quantitative estimate of drug-likeness (QED) is 0.580. The molecule has 0 radical (unpaired) electrons. The Hall–Kier alpha value is -1.52. The number of rotatable bonds is 8. The van der Waals surface area contributed by atoms with E-state index >= 15 is 0 Å². The van der Waals surface area contributed by atoms with E-state index in [1.54, 1.807) is 0 Å². The molecule has 0 fully saturated rings. The minimum atomic E-state index is -0.126. The Morgan fingerprint density at radius 1 is 1.24 bits per heavy atom.